The minimum atomic E-state index is -1.56. The van der Waals surface area contributed by atoms with Gasteiger partial charge < -0.3 is 5.32 Å². The minimum Gasteiger partial charge on any atom is -0.375 e. The first-order valence-corrected chi connectivity index (χ1v) is 6.07. The third-order valence-corrected chi connectivity index (χ3v) is 2.92. The van der Waals surface area contributed by atoms with Crippen molar-refractivity contribution in [3.05, 3.63) is 68.5 Å². The van der Waals surface area contributed by atoms with Crippen molar-refractivity contribution in [3.8, 4) is 0 Å². The Morgan fingerprint density at radius 1 is 1.14 bits per heavy atom. The highest BCUT2D eigenvalue weighted by Crippen LogP contribution is 2.28. The Balaban J connectivity index is 2.22. The molecule has 0 spiro atoms. The highest BCUT2D eigenvalue weighted by atomic mass is 35.5. The van der Waals surface area contributed by atoms with Gasteiger partial charge in [-0.3, -0.25) is 10.1 Å². The van der Waals surface area contributed by atoms with Crippen LogP contribution in [-0.2, 0) is 6.54 Å². The molecule has 21 heavy (non-hydrogen) atoms. The highest BCUT2D eigenvalue weighted by molar-refractivity contribution is 6.30. The summed E-state index contributed by atoms with van der Waals surface area (Å²) in [4.78, 5) is 10.2. The molecular weight excluding hydrogens is 309 g/mol. The van der Waals surface area contributed by atoms with Gasteiger partial charge >= 0.3 is 0 Å². The number of rotatable bonds is 4. The molecule has 110 valence electrons. The number of nitro groups is 1. The van der Waals surface area contributed by atoms with E-state index in [2.05, 4.69) is 5.32 Å². The van der Waals surface area contributed by atoms with Crippen LogP contribution in [0.25, 0.3) is 0 Å². The zero-order valence-electron chi connectivity index (χ0n) is 10.4. The first-order valence-electron chi connectivity index (χ1n) is 5.69. The molecule has 2 aromatic carbocycles. The van der Waals surface area contributed by atoms with Crippen molar-refractivity contribution in [2.24, 2.45) is 0 Å². The predicted octanol–water partition coefficient (Wildman–Crippen LogP) is 4.28. The molecule has 2 aromatic rings. The molecular formula is C13H8ClF3N2O2. The van der Waals surface area contributed by atoms with Crippen LogP contribution in [0, 0.1) is 27.6 Å². The molecule has 0 saturated heterocycles. The molecule has 8 heteroatoms. The molecule has 0 aliphatic carbocycles. The number of halogens is 4. The summed E-state index contributed by atoms with van der Waals surface area (Å²) >= 11 is 5.66. The number of nitrogens with zero attached hydrogens (tertiary/aromatic N) is 1. The lowest BCUT2D eigenvalue weighted by molar-refractivity contribution is -0.383. The first-order chi connectivity index (χ1) is 9.88. The molecule has 0 bridgehead atoms. The Morgan fingerprint density at radius 2 is 1.76 bits per heavy atom. The predicted molar refractivity (Wildman–Crippen MR) is 71.7 cm³/mol. The summed E-state index contributed by atoms with van der Waals surface area (Å²) in [6, 6.07) is 5.58. The van der Waals surface area contributed by atoms with E-state index in [1.807, 2.05) is 0 Å². The maximum atomic E-state index is 13.1. The molecule has 0 aliphatic heterocycles. The van der Waals surface area contributed by atoms with E-state index in [1.54, 1.807) is 0 Å². The summed E-state index contributed by atoms with van der Waals surface area (Å²) in [6.45, 7) is -0.114. The van der Waals surface area contributed by atoms with E-state index in [1.165, 1.54) is 12.1 Å². The third kappa shape index (κ3) is 3.43. The van der Waals surface area contributed by atoms with Gasteiger partial charge in [-0.25, -0.2) is 13.2 Å². The van der Waals surface area contributed by atoms with E-state index >= 15 is 0 Å². The van der Waals surface area contributed by atoms with E-state index in [9.17, 15) is 23.3 Å². The van der Waals surface area contributed by atoms with Crippen LogP contribution in [0.1, 0.15) is 5.56 Å². The minimum absolute atomic E-state index is 0.107. The number of nitrogens with one attached hydrogen (secondary N) is 1. The smallest absolute Gasteiger partial charge is 0.293 e. The zero-order chi connectivity index (χ0) is 15.6. The van der Waals surface area contributed by atoms with E-state index < -0.39 is 22.4 Å². The molecule has 0 unspecified atom stereocenters. The molecule has 1 N–H and O–H groups in total. The van der Waals surface area contributed by atoms with Crippen LogP contribution < -0.4 is 5.32 Å². The summed E-state index contributed by atoms with van der Waals surface area (Å²) in [5, 5.41) is 13.7. The van der Waals surface area contributed by atoms with Crippen LogP contribution in [0.15, 0.2) is 30.3 Å². The van der Waals surface area contributed by atoms with Crippen molar-refractivity contribution in [2.75, 3.05) is 5.32 Å². The maximum Gasteiger partial charge on any atom is 0.293 e. The van der Waals surface area contributed by atoms with Gasteiger partial charge in [-0.15, -0.1) is 0 Å². The Morgan fingerprint density at radius 3 is 2.33 bits per heavy atom. The summed E-state index contributed by atoms with van der Waals surface area (Å²) in [6.07, 6.45) is 0. The number of hydrogen-bond acceptors (Lipinski definition) is 3. The standard InChI is InChI=1S/C13H8ClF3N2O2/c14-8-1-2-11(12(5-8)19(20)21)18-6-7-3-9(15)13(17)10(16)4-7/h1-5,18H,6H2. The van der Waals surface area contributed by atoms with Crippen LogP contribution in [0.5, 0.6) is 0 Å². The van der Waals surface area contributed by atoms with Gasteiger partial charge in [-0.05, 0) is 29.8 Å². The average Bonchev–Trinajstić information content (AvgIpc) is 2.43. The van der Waals surface area contributed by atoms with Crippen molar-refractivity contribution >= 4 is 23.0 Å². The highest BCUT2D eigenvalue weighted by Gasteiger charge is 2.15. The van der Waals surface area contributed by atoms with E-state index in [0.29, 0.717) is 0 Å². The summed E-state index contributed by atoms with van der Waals surface area (Å²) in [5.74, 6) is -4.20. The second kappa shape index (κ2) is 6.01. The molecule has 0 aliphatic rings. The van der Waals surface area contributed by atoms with Gasteiger partial charge in [0.2, 0.25) is 0 Å². The van der Waals surface area contributed by atoms with Gasteiger partial charge in [0.05, 0.1) is 4.92 Å². The second-order valence-corrected chi connectivity index (χ2v) is 4.58. The van der Waals surface area contributed by atoms with E-state index in [-0.39, 0.29) is 28.5 Å². The fourth-order valence-corrected chi connectivity index (χ4v) is 1.88. The molecule has 0 fully saturated rings. The average molecular weight is 317 g/mol. The Labute approximate surface area is 122 Å². The van der Waals surface area contributed by atoms with Gasteiger partial charge in [-0.2, -0.15) is 0 Å². The van der Waals surface area contributed by atoms with Crippen LogP contribution in [0.2, 0.25) is 5.02 Å². The van der Waals surface area contributed by atoms with E-state index in [4.69, 9.17) is 11.6 Å². The van der Waals surface area contributed by atoms with Gasteiger partial charge in [-0.1, -0.05) is 11.6 Å². The van der Waals surface area contributed by atoms with Crippen LogP contribution >= 0.6 is 11.6 Å². The molecule has 0 saturated carbocycles. The number of benzene rings is 2. The Bertz CT molecular complexity index is 687. The maximum absolute atomic E-state index is 13.1. The third-order valence-electron chi connectivity index (χ3n) is 2.68. The molecule has 2 rings (SSSR count). The second-order valence-electron chi connectivity index (χ2n) is 4.15. The van der Waals surface area contributed by atoms with Crippen LogP contribution in [0.3, 0.4) is 0 Å². The lowest BCUT2D eigenvalue weighted by Crippen LogP contribution is -2.04. The lowest BCUT2D eigenvalue weighted by atomic mass is 10.2. The lowest BCUT2D eigenvalue weighted by Gasteiger charge is -2.08. The zero-order valence-corrected chi connectivity index (χ0v) is 11.1. The summed E-state index contributed by atoms with van der Waals surface area (Å²) < 4.78 is 38.9. The topological polar surface area (TPSA) is 55.2 Å². The number of nitro benzene ring substituents is 1. The number of anilines is 1. The SMILES string of the molecule is O=[N+]([O-])c1cc(Cl)ccc1NCc1cc(F)c(F)c(F)c1. The van der Waals surface area contributed by atoms with Crippen molar-refractivity contribution in [1.82, 2.24) is 0 Å². The molecule has 0 atom stereocenters. The summed E-state index contributed by atoms with van der Waals surface area (Å²) in [7, 11) is 0. The van der Waals surface area contributed by atoms with Crippen molar-refractivity contribution in [2.45, 2.75) is 6.54 Å². The first kappa shape index (κ1) is 15.1. The van der Waals surface area contributed by atoms with E-state index in [0.717, 1.165) is 18.2 Å². The molecule has 0 radical (unpaired) electrons. The Hall–Kier alpha value is -2.28. The van der Waals surface area contributed by atoms with Crippen molar-refractivity contribution in [3.63, 3.8) is 0 Å². The fourth-order valence-electron chi connectivity index (χ4n) is 1.71. The van der Waals surface area contributed by atoms with Crippen molar-refractivity contribution < 1.29 is 18.1 Å². The van der Waals surface area contributed by atoms with Gasteiger partial charge in [0.15, 0.2) is 17.5 Å². The molecule has 0 amide bonds. The largest absolute Gasteiger partial charge is 0.375 e. The van der Waals surface area contributed by atoms with Gasteiger partial charge in [0.25, 0.3) is 5.69 Å². The molecule has 0 heterocycles. The van der Waals surface area contributed by atoms with Gasteiger partial charge in [0, 0.05) is 17.6 Å². The van der Waals surface area contributed by atoms with Crippen LogP contribution in [-0.4, -0.2) is 4.92 Å². The van der Waals surface area contributed by atoms with Crippen molar-refractivity contribution in [1.29, 1.82) is 0 Å². The van der Waals surface area contributed by atoms with Crippen LogP contribution in [0.4, 0.5) is 24.5 Å². The molecule has 4 nitrogen and oxygen atoms in total. The Kier molecular flexibility index (Phi) is 4.32. The van der Waals surface area contributed by atoms with Gasteiger partial charge in [0.1, 0.15) is 5.69 Å². The number of hydrogen-bond donors (Lipinski definition) is 1. The molecule has 0 aromatic heterocycles. The normalized spacial score (nSPS) is 10.5. The monoisotopic (exact) mass is 316 g/mol. The fraction of sp³-hybridized carbons (Fsp3) is 0.0769. The quantitative estimate of drug-likeness (QED) is 0.520. The summed E-state index contributed by atoms with van der Waals surface area (Å²) in [5.41, 5.74) is -0.0317.